The molecule has 3 aromatic heterocycles. The van der Waals surface area contributed by atoms with Gasteiger partial charge in [-0.1, -0.05) is 0 Å². The summed E-state index contributed by atoms with van der Waals surface area (Å²) in [6.07, 6.45) is -0.336. The lowest BCUT2D eigenvalue weighted by molar-refractivity contribution is -0.197. The topological polar surface area (TPSA) is 242 Å². The second-order valence-corrected chi connectivity index (χ2v) is 17.7. The molecule has 4 atom stereocenters. The maximum Gasteiger partial charge on any atom is 0.336 e. The number of carbonyl (C=O) groups excluding carboxylic acids is 4. The Labute approximate surface area is 394 Å². The summed E-state index contributed by atoms with van der Waals surface area (Å²) in [4.78, 5) is 89.1. The van der Waals surface area contributed by atoms with Crippen LogP contribution < -0.4 is 21.6 Å². The number of likely N-dealkylation sites (N-methyl/N-ethyl adjacent to an activating group) is 1. The van der Waals surface area contributed by atoms with Crippen LogP contribution in [0.1, 0.15) is 52.0 Å². The van der Waals surface area contributed by atoms with Crippen LogP contribution in [0, 0.1) is 13.8 Å². The maximum atomic E-state index is 14.4. The molecule has 0 spiro atoms. The highest BCUT2D eigenvalue weighted by Crippen LogP contribution is 2.44. The van der Waals surface area contributed by atoms with Gasteiger partial charge in [0.2, 0.25) is 5.91 Å². The summed E-state index contributed by atoms with van der Waals surface area (Å²) in [5.41, 5.74) is 9.14. The van der Waals surface area contributed by atoms with Crippen LogP contribution in [0.2, 0.25) is 0 Å². The third-order valence-corrected chi connectivity index (χ3v) is 12.5. The van der Waals surface area contributed by atoms with E-state index in [2.05, 4.69) is 30.1 Å². The second-order valence-electron chi connectivity index (χ2n) is 17.7. The molecule has 0 unspecified atom stereocenters. The fourth-order valence-corrected chi connectivity index (χ4v) is 9.07. The first-order valence-corrected chi connectivity index (χ1v) is 23.4. The lowest BCUT2D eigenvalue weighted by atomic mass is 10.1. The summed E-state index contributed by atoms with van der Waals surface area (Å²) in [6.45, 7) is 18.2. The van der Waals surface area contributed by atoms with Gasteiger partial charge in [0.1, 0.15) is 29.6 Å². The highest BCUT2D eigenvalue weighted by Gasteiger charge is 2.58. The molecule has 0 bridgehead atoms. The number of aryl methyl sites for hydroxylation is 2. The number of imidazole rings is 1. The number of ether oxygens (including phenoxy) is 5. The monoisotopic (exact) mass is 947 g/mol. The molecule has 0 radical (unpaired) electrons. The third-order valence-electron chi connectivity index (χ3n) is 12.5. The minimum atomic E-state index is -1.03. The Morgan fingerprint density at radius 2 is 1.41 bits per heavy atom. The molecular formula is C46H65N11O11. The van der Waals surface area contributed by atoms with Crippen molar-refractivity contribution in [3.8, 4) is 0 Å². The molecule has 6 heterocycles. The van der Waals surface area contributed by atoms with E-state index in [1.165, 1.54) is 18.7 Å². The van der Waals surface area contributed by atoms with Crippen molar-refractivity contribution in [2.45, 2.75) is 78.8 Å². The van der Waals surface area contributed by atoms with E-state index in [0.717, 1.165) is 16.5 Å². The first-order chi connectivity index (χ1) is 32.6. The molecule has 7 rings (SSSR count). The summed E-state index contributed by atoms with van der Waals surface area (Å²) in [5.74, 6) is -2.02. The maximum absolute atomic E-state index is 14.4. The van der Waals surface area contributed by atoms with Crippen molar-refractivity contribution in [2.24, 2.45) is 0 Å². The first kappa shape index (κ1) is 50.3. The van der Waals surface area contributed by atoms with Crippen molar-refractivity contribution >= 4 is 57.4 Å². The van der Waals surface area contributed by atoms with E-state index in [0.29, 0.717) is 87.9 Å². The molecule has 3 saturated heterocycles. The molecule has 22 heteroatoms. The Balaban J connectivity index is 1.08. The van der Waals surface area contributed by atoms with Gasteiger partial charge in [0.15, 0.2) is 29.6 Å². The van der Waals surface area contributed by atoms with Crippen LogP contribution in [0.4, 0.5) is 11.5 Å². The van der Waals surface area contributed by atoms with Crippen molar-refractivity contribution in [1.82, 2.24) is 44.4 Å². The van der Waals surface area contributed by atoms with Gasteiger partial charge in [-0.25, -0.2) is 19.7 Å². The van der Waals surface area contributed by atoms with Crippen molar-refractivity contribution in [1.29, 1.82) is 0 Å². The Morgan fingerprint density at radius 3 is 2.03 bits per heavy atom. The zero-order valence-corrected chi connectivity index (χ0v) is 40.1. The summed E-state index contributed by atoms with van der Waals surface area (Å²) >= 11 is 0. The van der Waals surface area contributed by atoms with Gasteiger partial charge in [0.05, 0.1) is 44.9 Å². The highest BCUT2D eigenvalue weighted by atomic mass is 16.8. The number of rotatable bonds is 15. The number of nitrogens with two attached hydrogens (primary N) is 1. The molecule has 0 saturated carbocycles. The first-order valence-electron chi connectivity index (χ1n) is 23.4. The number of nitrogens with one attached hydrogen (secondary N) is 1. The molecule has 3 N–H and O–H groups in total. The van der Waals surface area contributed by atoms with Crippen LogP contribution in [-0.4, -0.2) is 192 Å². The zero-order chi connectivity index (χ0) is 48.7. The number of benzene rings is 1. The molecule has 22 nitrogen and oxygen atoms in total. The smallest absolute Gasteiger partial charge is 0.336 e. The molecule has 68 heavy (non-hydrogen) atoms. The molecule has 2 amide bonds. The van der Waals surface area contributed by atoms with E-state index < -0.39 is 36.0 Å². The third kappa shape index (κ3) is 12.0. The predicted octanol–water partition coefficient (Wildman–Crippen LogP) is 1.07. The number of fused-ring (bicyclic) bond motifs is 3. The lowest BCUT2D eigenvalue weighted by Gasteiger charge is -2.34. The molecule has 370 valence electrons. The molecule has 3 fully saturated rings. The largest absolute Gasteiger partial charge is 0.465 e. The average molecular weight is 948 g/mol. The van der Waals surface area contributed by atoms with Crippen molar-refractivity contribution in [3.63, 3.8) is 0 Å². The number of esters is 2. The van der Waals surface area contributed by atoms with Gasteiger partial charge in [-0.15, -0.1) is 0 Å². The fourth-order valence-electron chi connectivity index (χ4n) is 9.07. The van der Waals surface area contributed by atoms with E-state index in [-0.39, 0.29) is 69.0 Å². The van der Waals surface area contributed by atoms with Crippen LogP contribution in [0.3, 0.4) is 0 Å². The molecule has 1 aromatic carbocycles. The normalized spacial score (nSPS) is 22.1. The Hall–Kier alpha value is -5.62. The standard InChI is InChI=1S/C46H65N11O11/c1-8-56(32-23-33-31(21-30(32)5)29(4)22-35(59)65-33)34(58)24-53-15-13-52(14-16-54(25-36(60)63-9-2)19-20-55(18-17-53)26-37(61)64-10-3)12-11-48-44(62)40-39-41(68-46(6,7)67-39)45(66-40)57-28-51-38-42(47)49-27-50-43(38)57/h21-23,27-28,39-41,45H,8-20,24-26H2,1-7H3,(H,48,62)(H2,47,49,50)/t39-,40+,41-,45-/m1/s1. The van der Waals surface area contributed by atoms with E-state index in [9.17, 15) is 24.0 Å². The van der Waals surface area contributed by atoms with Crippen LogP contribution >= 0.6 is 0 Å². The van der Waals surface area contributed by atoms with E-state index >= 15 is 0 Å². The number of anilines is 2. The highest BCUT2D eigenvalue weighted by molar-refractivity contribution is 5.98. The van der Waals surface area contributed by atoms with Crippen LogP contribution in [0.15, 0.2) is 40.1 Å². The number of carbonyl (C=O) groups is 4. The summed E-state index contributed by atoms with van der Waals surface area (Å²) < 4.78 is 36.8. The van der Waals surface area contributed by atoms with Gasteiger partial charge in [-0.3, -0.25) is 43.3 Å². The van der Waals surface area contributed by atoms with Crippen LogP contribution in [0.25, 0.3) is 22.1 Å². The van der Waals surface area contributed by atoms with E-state index in [4.69, 9.17) is 33.8 Å². The fraction of sp³-hybridized carbons (Fsp3) is 0.609. The quantitative estimate of drug-likeness (QED) is 0.125. The zero-order valence-electron chi connectivity index (χ0n) is 40.1. The lowest BCUT2D eigenvalue weighted by Crippen LogP contribution is -2.51. The summed E-state index contributed by atoms with van der Waals surface area (Å²) in [6, 6.07) is 5.14. The SMILES string of the molecule is CCOC(=O)CN1CCN(CCNC(=O)[C@H]2O[C@@H](n3cnc4c(N)ncnc43)[C@@H]3OC(C)(C)O[C@@H]32)CCN(CC(=O)N(CC)c2cc3oc(=O)cc(C)c3cc2C)CCN(CC(=O)OCC)CC1. The van der Waals surface area contributed by atoms with Crippen molar-refractivity contribution < 1.29 is 47.3 Å². The number of aromatic nitrogens is 4. The van der Waals surface area contributed by atoms with Crippen molar-refractivity contribution in [2.75, 3.05) is 115 Å². The average Bonchev–Trinajstić information content (AvgIpc) is 3.96. The Bertz CT molecular complexity index is 2500. The van der Waals surface area contributed by atoms with E-state index in [1.54, 1.807) is 43.2 Å². The number of hydrogen-bond acceptors (Lipinski definition) is 19. The summed E-state index contributed by atoms with van der Waals surface area (Å²) in [7, 11) is 0. The number of amides is 2. The van der Waals surface area contributed by atoms with Crippen LogP contribution in [0.5, 0.6) is 0 Å². The van der Waals surface area contributed by atoms with Gasteiger partial charge in [0, 0.05) is 89.5 Å². The molecule has 0 aliphatic carbocycles. The van der Waals surface area contributed by atoms with E-state index in [1.807, 2.05) is 36.6 Å². The minimum Gasteiger partial charge on any atom is -0.465 e. The molecular weight excluding hydrogens is 883 g/mol. The van der Waals surface area contributed by atoms with Gasteiger partial charge in [0.25, 0.3) is 5.91 Å². The predicted molar refractivity (Wildman–Crippen MR) is 249 cm³/mol. The molecule has 4 aromatic rings. The number of nitrogens with zero attached hydrogens (tertiary/aromatic N) is 9. The van der Waals surface area contributed by atoms with Gasteiger partial charge in [-0.05, 0) is 65.7 Å². The number of hydrogen-bond donors (Lipinski definition) is 2. The van der Waals surface area contributed by atoms with Gasteiger partial charge >= 0.3 is 17.6 Å². The van der Waals surface area contributed by atoms with Crippen LogP contribution in [-0.2, 0) is 42.9 Å². The number of nitrogen functional groups attached to an aromatic ring is 1. The minimum absolute atomic E-state index is 0.0420. The van der Waals surface area contributed by atoms with Gasteiger partial charge < -0.3 is 44.1 Å². The Kier molecular flexibility index (Phi) is 16.4. The summed E-state index contributed by atoms with van der Waals surface area (Å²) in [5, 5.41) is 3.86. The van der Waals surface area contributed by atoms with Gasteiger partial charge in [-0.2, -0.15) is 0 Å². The van der Waals surface area contributed by atoms with Crippen molar-refractivity contribution in [3.05, 3.63) is 52.4 Å². The second kappa shape index (κ2) is 22.2. The Morgan fingerprint density at radius 1 is 0.809 bits per heavy atom. The molecule has 3 aliphatic heterocycles. The molecule has 3 aliphatic rings.